The molecule has 0 aromatic carbocycles. The van der Waals surface area contributed by atoms with Gasteiger partial charge in [0.15, 0.2) is 0 Å². The predicted octanol–water partition coefficient (Wildman–Crippen LogP) is 0.490. The monoisotopic (exact) mass is 255 g/mol. The maximum Gasteiger partial charge on any atom is 0.241 e. The van der Waals surface area contributed by atoms with Gasteiger partial charge in [0.1, 0.15) is 0 Å². The van der Waals surface area contributed by atoms with E-state index in [0.717, 1.165) is 38.8 Å². The molecule has 104 valence electrons. The maximum absolute atomic E-state index is 11.9. The van der Waals surface area contributed by atoms with E-state index in [9.17, 15) is 9.59 Å². The van der Waals surface area contributed by atoms with Gasteiger partial charge in [-0.15, -0.1) is 0 Å². The van der Waals surface area contributed by atoms with E-state index < -0.39 is 0 Å². The number of nitrogens with two attached hydrogens (primary N) is 1. The Hall–Kier alpha value is -1.10. The number of carbonyl (C=O) groups is 2. The lowest BCUT2D eigenvalue weighted by Crippen LogP contribution is -2.44. The molecule has 0 aliphatic carbocycles. The van der Waals surface area contributed by atoms with E-state index in [4.69, 9.17) is 5.73 Å². The van der Waals surface area contributed by atoms with Crippen LogP contribution in [0.5, 0.6) is 0 Å². The number of hydrogen-bond donors (Lipinski definition) is 2. The van der Waals surface area contributed by atoms with E-state index >= 15 is 0 Å². The molecule has 5 nitrogen and oxygen atoms in total. The molecule has 18 heavy (non-hydrogen) atoms. The Balaban J connectivity index is 2.30. The smallest absolute Gasteiger partial charge is 0.241 e. The van der Waals surface area contributed by atoms with Crippen LogP contribution in [-0.2, 0) is 9.59 Å². The predicted molar refractivity (Wildman–Crippen MR) is 70.9 cm³/mol. The number of likely N-dealkylation sites (tertiary alicyclic amines) is 1. The van der Waals surface area contributed by atoms with Crippen LogP contribution in [0.15, 0.2) is 0 Å². The summed E-state index contributed by atoms with van der Waals surface area (Å²) in [4.78, 5) is 25.5. The minimum absolute atomic E-state index is 0.0234. The largest absolute Gasteiger partial charge is 0.347 e. The van der Waals surface area contributed by atoms with Crippen LogP contribution in [0, 0.1) is 5.92 Å². The van der Waals surface area contributed by atoms with E-state index in [1.165, 1.54) is 6.42 Å². The lowest BCUT2D eigenvalue weighted by atomic mass is 10.0. The van der Waals surface area contributed by atoms with Crippen molar-refractivity contribution in [3.8, 4) is 0 Å². The normalized spacial score (nSPS) is 17.3. The quantitative estimate of drug-likeness (QED) is 0.725. The molecule has 3 N–H and O–H groups in total. The molecule has 1 rings (SSSR count). The molecule has 0 aromatic heterocycles. The number of piperidine rings is 1. The molecular formula is C13H25N3O2. The Morgan fingerprint density at radius 3 is 2.50 bits per heavy atom. The Labute approximate surface area is 109 Å². The van der Waals surface area contributed by atoms with Crippen molar-refractivity contribution >= 4 is 11.8 Å². The fraction of sp³-hybridized carbons (Fsp3) is 0.846. The summed E-state index contributed by atoms with van der Waals surface area (Å²) in [7, 11) is 0. The summed E-state index contributed by atoms with van der Waals surface area (Å²) < 4.78 is 0. The highest BCUT2D eigenvalue weighted by Gasteiger charge is 2.19. The minimum Gasteiger partial charge on any atom is -0.347 e. The van der Waals surface area contributed by atoms with Gasteiger partial charge in [-0.05, 0) is 25.7 Å². The fourth-order valence-electron chi connectivity index (χ4n) is 2.27. The van der Waals surface area contributed by atoms with Crippen LogP contribution in [0.3, 0.4) is 0 Å². The molecule has 1 saturated heterocycles. The summed E-state index contributed by atoms with van der Waals surface area (Å²) in [6, 6.07) is 0. The van der Waals surface area contributed by atoms with E-state index in [0.29, 0.717) is 6.54 Å². The van der Waals surface area contributed by atoms with Crippen LogP contribution in [0.1, 0.15) is 39.0 Å². The van der Waals surface area contributed by atoms with Crippen LogP contribution in [0.4, 0.5) is 0 Å². The van der Waals surface area contributed by atoms with Gasteiger partial charge in [-0.25, -0.2) is 0 Å². The van der Waals surface area contributed by atoms with Gasteiger partial charge >= 0.3 is 0 Å². The Morgan fingerprint density at radius 1 is 1.28 bits per heavy atom. The minimum atomic E-state index is -0.163. The van der Waals surface area contributed by atoms with Gasteiger partial charge in [0.2, 0.25) is 11.8 Å². The second kappa shape index (κ2) is 8.08. The number of carbonyl (C=O) groups excluding carboxylic acids is 2. The molecule has 5 heteroatoms. The van der Waals surface area contributed by atoms with Crippen molar-refractivity contribution < 1.29 is 9.59 Å². The summed E-state index contributed by atoms with van der Waals surface area (Å²) in [6.07, 6.45) is 5.04. The van der Waals surface area contributed by atoms with Gasteiger partial charge in [-0.3, -0.25) is 9.59 Å². The van der Waals surface area contributed by atoms with Crippen LogP contribution in [0.2, 0.25) is 0 Å². The number of nitrogens with zero attached hydrogens (tertiary/aromatic N) is 1. The average Bonchev–Trinajstić information content (AvgIpc) is 2.42. The lowest BCUT2D eigenvalue weighted by molar-refractivity contribution is -0.134. The van der Waals surface area contributed by atoms with Crippen LogP contribution >= 0.6 is 0 Å². The maximum atomic E-state index is 11.9. The van der Waals surface area contributed by atoms with Crippen LogP contribution in [0.25, 0.3) is 0 Å². The first-order valence-corrected chi connectivity index (χ1v) is 6.94. The van der Waals surface area contributed by atoms with Crippen molar-refractivity contribution in [2.75, 3.05) is 26.2 Å². The SMILES string of the molecule is CCCC(CN)C(=O)NCC(=O)N1CCCCC1. The number of nitrogens with one attached hydrogen (secondary N) is 1. The summed E-state index contributed by atoms with van der Waals surface area (Å²) in [5.41, 5.74) is 5.55. The number of rotatable bonds is 6. The first kappa shape index (κ1) is 15.0. The lowest BCUT2D eigenvalue weighted by Gasteiger charge is -2.27. The topological polar surface area (TPSA) is 75.4 Å². The number of hydrogen-bond acceptors (Lipinski definition) is 3. The fourth-order valence-corrected chi connectivity index (χ4v) is 2.27. The molecule has 1 heterocycles. The molecule has 0 bridgehead atoms. The van der Waals surface area contributed by atoms with Crippen LogP contribution < -0.4 is 11.1 Å². The molecule has 0 saturated carbocycles. The van der Waals surface area contributed by atoms with Crippen molar-refractivity contribution in [1.29, 1.82) is 0 Å². The third-order valence-corrected chi connectivity index (χ3v) is 3.42. The van der Waals surface area contributed by atoms with Crippen molar-refractivity contribution in [2.24, 2.45) is 11.7 Å². The first-order valence-electron chi connectivity index (χ1n) is 6.94. The van der Waals surface area contributed by atoms with E-state index in [1.807, 2.05) is 11.8 Å². The second-order valence-electron chi connectivity index (χ2n) is 4.88. The second-order valence-corrected chi connectivity index (χ2v) is 4.88. The van der Waals surface area contributed by atoms with Gasteiger partial charge in [0, 0.05) is 19.6 Å². The average molecular weight is 255 g/mol. The summed E-state index contributed by atoms with van der Waals surface area (Å²) in [6.45, 7) is 4.12. The highest BCUT2D eigenvalue weighted by Crippen LogP contribution is 2.08. The third-order valence-electron chi connectivity index (χ3n) is 3.42. The zero-order valence-electron chi connectivity index (χ0n) is 11.3. The van der Waals surface area contributed by atoms with Gasteiger partial charge in [-0.2, -0.15) is 0 Å². The van der Waals surface area contributed by atoms with Crippen molar-refractivity contribution in [3.05, 3.63) is 0 Å². The molecule has 0 spiro atoms. The highest BCUT2D eigenvalue weighted by molar-refractivity contribution is 5.86. The molecule has 0 radical (unpaired) electrons. The Bertz CT molecular complexity index is 259. The van der Waals surface area contributed by atoms with Crippen molar-refractivity contribution in [2.45, 2.75) is 39.0 Å². The summed E-state index contributed by atoms with van der Waals surface area (Å²) in [5, 5.41) is 2.71. The van der Waals surface area contributed by atoms with Gasteiger partial charge in [0.25, 0.3) is 0 Å². The molecular weight excluding hydrogens is 230 g/mol. The van der Waals surface area contributed by atoms with Gasteiger partial charge < -0.3 is 16.0 Å². The summed E-state index contributed by atoms with van der Waals surface area (Å²) >= 11 is 0. The first-order chi connectivity index (χ1) is 8.69. The zero-order valence-corrected chi connectivity index (χ0v) is 11.3. The van der Waals surface area contributed by atoms with Gasteiger partial charge in [0.05, 0.1) is 12.5 Å². The molecule has 2 amide bonds. The zero-order chi connectivity index (χ0) is 13.4. The molecule has 1 atom stereocenters. The van der Waals surface area contributed by atoms with Gasteiger partial charge in [-0.1, -0.05) is 13.3 Å². The third kappa shape index (κ3) is 4.64. The van der Waals surface area contributed by atoms with Crippen LogP contribution in [-0.4, -0.2) is 42.9 Å². The summed E-state index contributed by atoms with van der Waals surface area (Å²) in [5.74, 6) is -0.232. The van der Waals surface area contributed by atoms with E-state index in [1.54, 1.807) is 0 Å². The van der Waals surface area contributed by atoms with Crippen molar-refractivity contribution in [3.63, 3.8) is 0 Å². The van der Waals surface area contributed by atoms with Crippen molar-refractivity contribution in [1.82, 2.24) is 10.2 Å². The molecule has 0 aromatic rings. The van der Waals surface area contributed by atoms with E-state index in [2.05, 4.69) is 5.32 Å². The molecule has 1 unspecified atom stereocenters. The Kier molecular flexibility index (Phi) is 6.72. The molecule has 1 aliphatic heterocycles. The highest BCUT2D eigenvalue weighted by atomic mass is 16.2. The standard InChI is InChI=1S/C13H25N3O2/c1-2-6-11(9-14)13(18)15-10-12(17)16-7-4-3-5-8-16/h11H,2-10,14H2,1H3,(H,15,18). The molecule has 1 aliphatic rings. The molecule has 1 fully saturated rings. The number of amides is 2. The van der Waals surface area contributed by atoms with E-state index in [-0.39, 0.29) is 24.3 Å². The Morgan fingerprint density at radius 2 is 1.94 bits per heavy atom.